The Balaban J connectivity index is 2.24. The van der Waals surface area contributed by atoms with Gasteiger partial charge in [-0.2, -0.15) is 5.26 Å². The first-order chi connectivity index (χ1) is 13.5. The summed E-state index contributed by atoms with van der Waals surface area (Å²) >= 11 is 0. The number of hydrogen-bond donors (Lipinski definition) is 2. The summed E-state index contributed by atoms with van der Waals surface area (Å²) in [5.41, 5.74) is 0.220. The van der Waals surface area contributed by atoms with Gasteiger partial charge in [-0.25, -0.2) is 4.79 Å². The highest BCUT2D eigenvalue weighted by Gasteiger charge is 2.18. The highest BCUT2D eigenvalue weighted by atomic mass is 16.5. The van der Waals surface area contributed by atoms with Crippen LogP contribution in [0.15, 0.2) is 46.7 Å². The summed E-state index contributed by atoms with van der Waals surface area (Å²) in [6, 6.07) is 8.12. The molecule has 1 aromatic heterocycles. The molecule has 2 rings (SSSR count). The van der Waals surface area contributed by atoms with E-state index in [1.165, 1.54) is 45.9 Å². The van der Waals surface area contributed by atoms with Crippen LogP contribution in [0.4, 0.5) is 5.69 Å². The fourth-order valence-electron chi connectivity index (χ4n) is 2.25. The summed E-state index contributed by atoms with van der Waals surface area (Å²) in [4.78, 5) is 24.2. The number of carbonyl (C=O) groups is 2. The van der Waals surface area contributed by atoms with E-state index >= 15 is 0 Å². The predicted octanol–water partition coefficient (Wildman–Crippen LogP) is 2.22. The van der Waals surface area contributed by atoms with E-state index < -0.39 is 11.9 Å². The van der Waals surface area contributed by atoms with Gasteiger partial charge in [0.1, 0.15) is 17.4 Å². The number of esters is 1. The summed E-state index contributed by atoms with van der Waals surface area (Å²) < 4.78 is 20.3. The molecule has 9 nitrogen and oxygen atoms in total. The Labute approximate surface area is 161 Å². The molecule has 9 heteroatoms. The molecule has 2 N–H and O–H groups in total. The summed E-state index contributed by atoms with van der Waals surface area (Å²) in [5.74, 6) is -0.00319. The second kappa shape index (κ2) is 9.68. The van der Waals surface area contributed by atoms with E-state index in [2.05, 4.69) is 10.6 Å². The lowest BCUT2D eigenvalue weighted by Crippen LogP contribution is -2.24. The molecule has 0 atom stereocenters. The number of amides is 1. The number of rotatable bonds is 8. The Kier molecular flexibility index (Phi) is 7.05. The van der Waals surface area contributed by atoms with E-state index in [-0.39, 0.29) is 23.4 Å². The lowest BCUT2D eigenvalue weighted by molar-refractivity contribution is -0.117. The third-order valence-electron chi connectivity index (χ3n) is 3.67. The summed E-state index contributed by atoms with van der Waals surface area (Å²) in [7, 11) is 4.11. The highest BCUT2D eigenvalue weighted by molar-refractivity contribution is 5.99. The summed E-state index contributed by atoms with van der Waals surface area (Å²) in [6.07, 6.45) is 2.67. The van der Waals surface area contributed by atoms with Crippen LogP contribution >= 0.6 is 0 Å². The largest absolute Gasteiger partial charge is 0.493 e. The SMILES string of the molecule is COC(=O)c1cc(OC)c(OC)cc1N/C=C(/C#N)C(=O)NCc1ccco1. The second-order valence-electron chi connectivity index (χ2n) is 5.32. The molecule has 0 bridgehead atoms. The molecule has 1 aromatic carbocycles. The average molecular weight is 385 g/mol. The van der Waals surface area contributed by atoms with Crippen LogP contribution < -0.4 is 20.1 Å². The van der Waals surface area contributed by atoms with Crippen molar-refractivity contribution >= 4 is 17.6 Å². The molecule has 0 fully saturated rings. The molecule has 1 amide bonds. The molecule has 0 saturated carbocycles. The molecular formula is C19H19N3O6. The van der Waals surface area contributed by atoms with Gasteiger partial charge in [0.2, 0.25) is 0 Å². The lowest BCUT2D eigenvalue weighted by atomic mass is 10.1. The number of nitriles is 1. The second-order valence-corrected chi connectivity index (χ2v) is 5.32. The lowest BCUT2D eigenvalue weighted by Gasteiger charge is -2.14. The van der Waals surface area contributed by atoms with Crippen molar-refractivity contribution in [3.05, 3.63) is 53.6 Å². The number of nitrogens with zero attached hydrogens (tertiary/aromatic N) is 1. The van der Waals surface area contributed by atoms with Gasteiger partial charge < -0.3 is 29.3 Å². The normalized spacial score (nSPS) is 10.6. The number of carbonyl (C=O) groups excluding carboxylic acids is 2. The number of methoxy groups -OCH3 is 3. The van der Waals surface area contributed by atoms with E-state index in [1.54, 1.807) is 18.2 Å². The first-order valence-electron chi connectivity index (χ1n) is 8.05. The molecule has 0 spiro atoms. The number of ether oxygens (including phenoxy) is 3. The number of anilines is 1. The van der Waals surface area contributed by atoms with Gasteiger partial charge in [0.25, 0.3) is 5.91 Å². The number of nitrogens with one attached hydrogen (secondary N) is 2. The van der Waals surface area contributed by atoms with Gasteiger partial charge in [-0.1, -0.05) is 0 Å². The zero-order chi connectivity index (χ0) is 20.5. The van der Waals surface area contributed by atoms with Crippen LogP contribution in [0.2, 0.25) is 0 Å². The molecule has 0 aliphatic carbocycles. The van der Waals surface area contributed by atoms with Gasteiger partial charge in [0, 0.05) is 18.3 Å². The molecule has 0 saturated heterocycles. The van der Waals surface area contributed by atoms with Gasteiger partial charge >= 0.3 is 5.97 Å². The molecule has 146 valence electrons. The standard InChI is InChI=1S/C19H19N3O6/c1-25-16-7-14(19(24)27-3)15(8-17(16)26-2)21-10-12(9-20)18(23)22-11-13-5-4-6-28-13/h4-8,10,21H,11H2,1-3H3,(H,22,23)/b12-10-. The predicted molar refractivity (Wildman–Crippen MR) is 98.8 cm³/mol. The molecule has 0 aliphatic rings. The van der Waals surface area contributed by atoms with E-state index in [9.17, 15) is 14.9 Å². The van der Waals surface area contributed by atoms with Crippen LogP contribution in [0.1, 0.15) is 16.1 Å². The zero-order valence-electron chi connectivity index (χ0n) is 15.6. The quantitative estimate of drug-likeness (QED) is 0.403. The van der Waals surface area contributed by atoms with Crippen molar-refractivity contribution in [2.75, 3.05) is 26.6 Å². The molecule has 28 heavy (non-hydrogen) atoms. The third-order valence-corrected chi connectivity index (χ3v) is 3.67. The van der Waals surface area contributed by atoms with E-state index in [4.69, 9.17) is 18.6 Å². The van der Waals surface area contributed by atoms with Crippen molar-refractivity contribution < 1.29 is 28.2 Å². The van der Waals surface area contributed by atoms with Gasteiger partial charge in [-0.05, 0) is 12.1 Å². The number of benzene rings is 1. The summed E-state index contributed by atoms with van der Waals surface area (Å²) in [6.45, 7) is 0.134. The molecular weight excluding hydrogens is 366 g/mol. The zero-order valence-corrected chi connectivity index (χ0v) is 15.6. The van der Waals surface area contributed by atoms with Gasteiger partial charge in [0.05, 0.1) is 45.4 Å². The van der Waals surface area contributed by atoms with Crippen LogP contribution in [0, 0.1) is 11.3 Å². The fraction of sp³-hybridized carbons (Fsp3) is 0.211. The Morgan fingerprint density at radius 3 is 2.50 bits per heavy atom. The Hall–Kier alpha value is -3.93. The van der Waals surface area contributed by atoms with Gasteiger partial charge in [0.15, 0.2) is 11.5 Å². The summed E-state index contributed by atoms with van der Waals surface area (Å²) in [5, 5.41) is 14.6. The first kappa shape index (κ1) is 20.4. The Morgan fingerprint density at radius 2 is 1.93 bits per heavy atom. The fourth-order valence-corrected chi connectivity index (χ4v) is 2.25. The average Bonchev–Trinajstić information content (AvgIpc) is 3.25. The molecule has 0 aliphatic heterocycles. The Bertz CT molecular complexity index is 912. The van der Waals surface area contributed by atoms with Crippen LogP contribution in [0.5, 0.6) is 11.5 Å². The Morgan fingerprint density at radius 1 is 1.21 bits per heavy atom. The maximum absolute atomic E-state index is 12.2. The molecule has 2 aromatic rings. The number of furan rings is 1. The van der Waals surface area contributed by atoms with E-state index in [0.29, 0.717) is 17.3 Å². The van der Waals surface area contributed by atoms with Crippen molar-refractivity contribution in [2.24, 2.45) is 0 Å². The number of hydrogen-bond acceptors (Lipinski definition) is 8. The van der Waals surface area contributed by atoms with Crippen molar-refractivity contribution in [3.8, 4) is 17.6 Å². The third kappa shape index (κ3) is 4.82. The van der Waals surface area contributed by atoms with Gasteiger partial charge in [-0.15, -0.1) is 0 Å². The minimum Gasteiger partial charge on any atom is -0.493 e. The monoisotopic (exact) mass is 385 g/mol. The van der Waals surface area contributed by atoms with E-state index in [1.807, 2.05) is 0 Å². The maximum atomic E-state index is 12.2. The van der Waals surface area contributed by atoms with Crippen molar-refractivity contribution in [2.45, 2.75) is 6.54 Å². The van der Waals surface area contributed by atoms with Gasteiger partial charge in [-0.3, -0.25) is 4.79 Å². The van der Waals surface area contributed by atoms with Crippen LogP contribution in [-0.2, 0) is 16.1 Å². The first-order valence-corrected chi connectivity index (χ1v) is 8.05. The van der Waals surface area contributed by atoms with Crippen LogP contribution in [0.3, 0.4) is 0 Å². The van der Waals surface area contributed by atoms with Crippen LogP contribution in [0.25, 0.3) is 0 Å². The van der Waals surface area contributed by atoms with Crippen molar-refractivity contribution in [1.29, 1.82) is 5.26 Å². The molecule has 0 radical (unpaired) electrons. The topological polar surface area (TPSA) is 123 Å². The smallest absolute Gasteiger partial charge is 0.340 e. The highest BCUT2D eigenvalue weighted by Crippen LogP contribution is 2.33. The molecule has 0 unspecified atom stereocenters. The maximum Gasteiger partial charge on any atom is 0.340 e. The van der Waals surface area contributed by atoms with Crippen LogP contribution in [-0.4, -0.2) is 33.2 Å². The molecule has 1 heterocycles. The van der Waals surface area contributed by atoms with Crippen molar-refractivity contribution in [1.82, 2.24) is 5.32 Å². The minimum absolute atomic E-state index is 0.134. The van der Waals surface area contributed by atoms with Crippen molar-refractivity contribution in [3.63, 3.8) is 0 Å². The van der Waals surface area contributed by atoms with E-state index in [0.717, 1.165) is 0 Å². The minimum atomic E-state index is -0.627.